The van der Waals surface area contributed by atoms with Crippen molar-refractivity contribution in [2.24, 2.45) is 0 Å². The molecule has 8 heteroatoms. The molecule has 2 aromatic carbocycles. The van der Waals surface area contributed by atoms with Crippen LogP contribution in [0.1, 0.15) is 17.0 Å². The first-order chi connectivity index (χ1) is 12.8. The largest absolute Gasteiger partial charge is 0.465 e. The molecule has 3 rings (SSSR count). The van der Waals surface area contributed by atoms with Crippen molar-refractivity contribution in [3.05, 3.63) is 68.5 Å². The van der Waals surface area contributed by atoms with Crippen LogP contribution < -0.4 is 10.9 Å². The minimum atomic E-state index is -1.17. The zero-order chi connectivity index (χ0) is 19.7. The molecule has 0 radical (unpaired) electrons. The topological polar surface area (TPSA) is 84.2 Å². The van der Waals surface area contributed by atoms with Crippen LogP contribution in [0.25, 0.3) is 16.6 Å². The van der Waals surface area contributed by atoms with Crippen LogP contribution in [0.3, 0.4) is 0 Å². The minimum Gasteiger partial charge on any atom is -0.465 e. The van der Waals surface area contributed by atoms with E-state index in [-0.39, 0.29) is 34.8 Å². The van der Waals surface area contributed by atoms with Crippen molar-refractivity contribution in [3.63, 3.8) is 0 Å². The van der Waals surface area contributed by atoms with Crippen LogP contribution in [-0.4, -0.2) is 27.3 Å². The van der Waals surface area contributed by atoms with Gasteiger partial charge in [0.05, 0.1) is 21.6 Å². The molecule has 1 aromatic heterocycles. The maximum absolute atomic E-state index is 13.9. The Labute approximate surface area is 159 Å². The van der Waals surface area contributed by atoms with Gasteiger partial charge in [0.2, 0.25) is 0 Å². The Bertz CT molecular complexity index is 1110. The minimum absolute atomic E-state index is 0.0765. The fourth-order valence-corrected chi connectivity index (χ4v) is 3.20. The molecular formula is C19H17ClFN3O3. The molecule has 0 bridgehead atoms. The first-order valence-electron chi connectivity index (χ1n) is 8.24. The van der Waals surface area contributed by atoms with Gasteiger partial charge in [-0.25, -0.2) is 14.2 Å². The Morgan fingerprint density at radius 3 is 2.70 bits per heavy atom. The van der Waals surface area contributed by atoms with Crippen molar-refractivity contribution in [2.75, 3.05) is 6.54 Å². The summed E-state index contributed by atoms with van der Waals surface area (Å²) in [6.45, 7) is 3.43. The van der Waals surface area contributed by atoms with Crippen molar-refractivity contribution in [1.29, 1.82) is 0 Å². The Morgan fingerprint density at radius 1 is 1.26 bits per heavy atom. The average Bonchev–Trinajstić information content (AvgIpc) is 2.61. The van der Waals surface area contributed by atoms with Gasteiger partial charge in [0.15, 0.2) is 0 Å². The zero-order valence-electron chi connectivity index (χ0n) is 14.7. The molecule has 6 nitrogen and oxygen atoms in total. The average molecular weight is 390 g/mol. The number of benzene rings is 2. The molecule has 140 valence electrons. The Kier molecular flexibility index (Phi) is 5.14. The van der Waals surface area contributed by atoms with E-state index in [1.807, 2.05) is 0 Å². The van der Waals surface area contributed by atoms with E-state index < -0.39 is 6.09 Å². The van der Waals surface area contributed by atoms with Crippen molar-refractivity contribution in [2.45, 2.75) is 20.3 Å². The number of amides is 1. The number of carbonyl (C=O) groups is 1. The summed E-state index contributed by atoms with van der Waals surface area (Å²) in [7, 11) is 0. The molecule has 0 aliphatic carbocycles. The molecule has 0 saturated carbocycles. The maximum Gasteiger partial charge on any atom is 0.404 e. The second-order valence-corrected chi connectivity index (χ2v) is 6.51. The number of aromatic nitrogens is 2. The summed E-state index contributed by atoms with van der Waals surface area (Å²) in [4.78, 5) is 28.5. The third-order valence-corrected chi connectivity index (χ3v) is 4.79. The molecule has 3 aromatic rings. The summed E-state index contributed by atoms with van der Waals surface area (Å²) >= 11 is 6.21. The fraction of sp³-hybridized carbons (Fsp3) is 0.211. The molecule has 0 aliphatic heterocycles. The van der Waals surface area contributed by atoms with Crippen LogP contribution in [0.4, 0.5) is 9.18 Å². The van der Waals surface area contributed by atoms with Gasteiger partial charge in [-0.2, -0.15) is 0 Å². The maximum atomic E-state index is 13.9. The Balaban J connectivity index is 2.29. The predicted octanol–water partition coefficient (Wildman–Crippen LogP) is 3.61. The molecule has 1 amide bonds. The predicted molar refractivity (Wildman–Crippen MR) is 102 cm³/mol. The smallest absolute Gasteiger partial charge is 0.404 e. The van der Waals surface area contributed by atoms with E-state index >= 15 is 0 Å². The van der Waals surface area contributed by atoms with Gasteiger partial charge in [0.1, 0.15) is 11.6 Å². The van der Waals surface area contributed by atoms with Gasteiger partial charge in [0, 0.05) is 13.0 Å². The van der Waals surface area contributed by atoms with E-state index in [4.69, 9.17) is 16.7 Å². The third kappa shape index (κ3) is 3.50. The Hall–Kier alpha value is -2.93. The first-order valence-corrected chi connectivity index (χ1v) is 8.62. The van der Waals surface area contributed by atoms with Crippen molar-refractivity contribution >= 4 is 28.6 Å². The van der Waals surface area contributed by atoms with Crippen LogP contribution in [-0.2, 0) is 6.42 Å². The van der Waals surface area contributed by atoms with Gasteiger partial charge in [0.25, 0.3) is 5.56 Å². The molecule has 0 atom stereocenters. The molecule has 0 unspecified atom stereocenters. The second kappa shape index (κ2) is 7.36. The molecule has 0 aliphatic rings. The number of hydrogen-bond acceptors (Lipinski definition) is 3. The molecule has 27 heavy (non-hydrogen) atoms. The summed E-state index contributed by atoms with van der Waals surface area (Å²) in [5, 5.41) is 11.6. The van der Waals surface area contributed by atoms with Crippen LogP contribution in [0.5, 0.6) is 0 Å². The molecule has 0 fully saturated rings. The van der Waals surface area contributed by atoms with Crippen LogP contribution in [0, 0.1) is 19.7 Å². The van der Waals surface area contributed by atoms with Crippen LogP contribution in [0.2, 0.25) is 5.02 Å². The summed E-state index contributed by atoms with van der Waals surface area (Å²) in [6.07, 6.45) is -0.985. The number of halogens is 2. The van der Waals surface area contributed by atoms with Gasteiger partial charge >= 0.3 is 6.09 Å². The number of hydrogen-bond donors (Lipinski definition) is 2. The van der Waals surface area contributed by atoms with E-state index in [1.165, 1.54) is 16.7 Å². The second-order valence-electron chi connectivity index (χ2n) is 6.10. The van der Waals surface area contributed by atoms with Gasteiger partial charge in [-0.3, -0.25) is 9.36 Å². The quantitative estimate of drug-likeness (QED) is 0.714. The monoisotopic (exact) mass is 389 g/mol. The van der Waals surface area contributed by atoms with Crippen molar-refractivity contribution in [1.82, 2.24) is 14.9 Å². The SMILES string of the molecule is Cc1c(F)ccc(-n2c(CCNC(=O)O)nc3cccc(Cl)c3c2=O)c1C. The summed E-state index contributed by atoms with van der Waals surface area (Å²) in [5.74, 6) is -0.0113. The molecule has 1 heterocycles. The number of nitrogens with zero attached hydrogens (tertiary/aromatic N) is 2. The lowest BCUT2D eigenvalue weighted by atomic mass is 10.1. The van der Waals surface area contributed by atoms with Crippen LogP contribution >= 0.6 is 11.6 Å². The summed E-state index contributed by atoms with van der Waals surface area (Å²) in [6, 6.07) is 7.77. The van der Waals surface area contributed by atoms with E-state index in [2.05, 4.69) is 10.3 Å². The molecule has 0 saturated heterocycles. The summed E-state index contributed by atoms with van der Waals surface area (Å²) in [5.41, 5.74) is 1.54. The highest BCUT2D eigenvalue weighted by Gasteiger charge is 2.17. The lowest BCUT2D eigenvalue weighted by Crippen LogP contribution is -2.29. The molecular weight excluding hydrogens is 373 g/mol. The zero-order valence-corrected chi connectivity index (χ0v) is 15.5. The molecule has 0 spiro atoms. The van der Waals surface area contributed by atoms with Gasteiger partial charge in [-0.1, -0.05) is 17.7 Å². The highest BCUT2D eigenvalue weighted by Crippen LogP contribution is 2.24. The van der Waals surface area contributed by atoms with E-state index in [0.29, 0.717) is 28.2 Å². The van der Waals surface area contributed by atoms with Crippen molar-refractivity contribution in [3.8, 4) is 5.69 Å². The van der Waals surface area contributed by atoms with Gasteiger partial charge < -0.3 is 10.4 Å². The van der Waals surface area contributed by atoms with E-state index in [0.717, 1.165) is 0 Å². The lowest BCUT2D eigenvalue weighted by molar-refractivity contribution is 0.194. The number of fused-ring (bicyclic) bond motifs is 1. The van der Waals surface area contributed by atoms with Crippen LogP contribution in [0.15, 0.2) is 35.1 Å². The van der Waals surface area contributed by atoms with E-state index in [1.54, 1.807) is 32.0 Å². The van der Waals surface area contributed by atoms with Gasteiger partial charge in [-0.15, -0.1) is 0 Å². The number of carboxylic acid groups (broad SMARTS) is 1. The third-order valence-electron chi connectivity index (χ3n) is 4.47. The normalized spacial score (nSPS) is 11.0. The van der Waals surface area contributed by atoms with Gasteiger partial charge in [-0.05, 0) is 49.2 Å². The standard InChI is InChI=1S/C19H17ClFN3O3/c1-10-11(2)15(7-6-13(10)21)24-16(8-9-22-19(26)27)23-14-5-3-4-12(20)17(14)18(24)25/h3-7,22H,8-9H2,1-2H3,(H,26,27). The van der Waals surface area contributed by atoms with Crippen molar-refractivity contribution < 1.29 is 14.3 Å². The highest BCUT2D eigenvalue weighted by molar-refractivity contribution is 6.35. The number of rotatable bonds is 4. The molecule has 2 N–H and O–H groups in total. The number of nitrogens with one attached hydrogen (secondary N) is 1. The van der Waals surface area contributed by atoms with E-state index in [9.17, 15) is 14.0 Å². The summed E-state index contributed by atoms with van der Waals surface area (Å²) < 4.78 is 15.3. The highest BCUT2D eigenvalue weighted by atomic mass is 35.5. The lowest BCUT2D eigenvalue weighted by Gasteiger charge is -2.17. The Morgan fingerprint density at radius 2 is 2.00 bits per heavy atom. The first kappa shape index (κ1) is 18.8. The fourth-order valence-electron chi connectivity index (χ4n) is 2.95.